The zero-order valence-electron chi connectivity index (χ0n) is 12.2. The third-order valence-electron chi connectivity index (χ3n) is 2.75. The van der Waals surface area contributed by atoms with Gasteiger partial charge in [0.15, 0.2) is 5.69 Å². The standard InChI is InChI=1S/C12H21N5O3/c1-8(2)9(5-16(3)4)13-12(20)10-6-17(15-14-10)7-11(18)19/h6,8-9H,5,7H2,1-4H3,(H,13,20)(H,18,19). The quantitative estimate of drug-likeness (QED) is 0.711. The summed E-state index contributed by atoms with van der Waals surface area (Å²) >= 11 is 0. The van der Waals surface area contributed by atoms with Crippen molar-refractivity contribution in [3.63, 3.8) is 0 Å². The maximum Gasteiger partial charge on any atom is 0.325 e. The Morgan fingerprint density at radius 1 is 1.45 bits per heavy atom. The Balaban J connectivity index is 2.68. The van der Waals surface area contributed by atoms with Crippen LogP contribution in [0.15, 0.2) is 6.20 Å². The van der Waals surface area contributed by atoms with Crippen LogP contribution >= 0.6 is 0 Å². The molecule has 0 aliphatic rings. The second-order valence-electron chi connectivity index (χ2n) is 5.28. The summed E-state index contributed by atoms with van der Waals surface area (Å²) in [5.41, 5.74) is 0.121. The molecule has 0 aliphatic carbocycles. The van der Waals surface area contributed by atoms with E-state index < -0.39 is 5.97 Å². The van der Waals surface area contributed by atoms with Crippen molar-refractivity contribution in [1.29, 1.82) is 0 Å². The molecule has 0 aliphatic heterocycles. The van der Waals surface area contributed by atoms with E-state index in [4.69, 9.17) is 5.11 Å². The van der Waals surface area contributed by atoms with Crippen LogP contribution in [0.2, 0.25) is 0 Å². The molecule has 1 rings (SSSR count). The molecule has 1 aromatic heterocycles. The first kappa shape index (κ1) is 16.1. The molecule has 0 saturated heterocycles. The Morgan fingerprint density at radius 3 is 2.60 bits per heavy atom. The molecule has 1 aromatic rings. The number of aromatic nitrogens is 3. The van der Waals surface area contributed by atoms with Gasteiger partial charge in [-0.3, -0.25) is 9.59 Å². The van der Waals surface area contributed by atoms with Gasteiger partial charge in [0.1, 0.15) is 6.54 Å². The maximum atomic E-state index is 12.0. The lowest BCUT2D eigenvalue weighted by molar-refractivity contribution is -0.137. The lowest BCUT2D eigenvalue weighted by Crippen LogP contribution is -2.45. The molecule has 1 unspecified atom stereocenters. The first-order valence-electron chi connectivity index (χ1n) is 6.37. The number of nitrogens with zero attached hydrogens (tertiary/aromatic N) is 4. The molecular formula is C12H21N5O3. The van der Waals surface area contributed by atoms with E-state index in [0.29, 0.717) is 6.54 Å². The van der Waals surface area contributed by atoms with Crippen LogP contribution in [0.1, 0.15) is 24.3 Å². The summed E-state index contributed by atoms with van der Waals surface area (Å²) in [6, 6.07) is -0.0119. The minimum Gasteiger partial charge on any atom is -0.480 e. The van der Waals surface area contributed by atoms with E-state index in [1.807, 2.05) is 32.8 Å². The molecule has 1 atom stereocenters. The average molecular weight is 283 g/mol. The summed E-state index contributed by atoms with van der Waals surface area (Å²) in [6.45, 7) is 4.45. The van der Waals surface area contributed by atoms with Gasteiger partial charge in [0, 0.05) is 12.6 Å². The van der Waals surface area contributed by atoms with Crippen molar-refractivity contribution in [2.75, 3.05) is 20.6 Å². The number of aliphatic carboxylic acids is 1. The van der Waals surface area contributed by atoms with E-state index in [0.717, 1.165) is 4.68 Å². The molecule has 20 heavy (non-hydrogen) atoms. The maximum absolute atomic E-state index is 12.0. The number of rotatable bonds is 7. The zero-order valence-corrected chi connectivity index (χ0v) is 12.2. The molecule has 0 radical (unpaired) electrons. The number of likely N-dealkylation sites (N-methyl/N-ethyl adjacent to an activating group) is 1. The fourth-order valence-corrected chi connectivity index (χ4v) is 1.68. The minimum atomic E-state index is -1.03. The lowest BCUT2D eigenvalue weighted by Gasteiger charge is -2.25. The predicted molar refractivity (Wildman–Crippen MR) is 72.3 cm³/mol. The number of nitrogens with one attached hydrogen (secondary N) is 1. The summed E-state index contributed by atoms with van der Waals surface area (Å²) in [5, 5.41) is 18.8. The number of carbonyl (C=O) groups is 2. The largest absolute Gasteiger partial charge is 0.480 e. The smallest absolute Gasteiger partial charge is 0.325 e. The van der Waals surface area contributed by atoms with Crippen molar-refractivity contribution in [2.45, 2.75) is 26.4 Å². The van der Waals surface area contributed by atoms with Crippen LogP contribution in [0.25, 0.3) is 0 Å². The van der Waals surface area contributed by atoms with Crippen molar-refractivity contribution < 1.29 is 14.7 Å². The van der Waals surface area contributed by atoms with Crippen LogP contribution in [-0.4, -0.2) is 63.6 Å². The monoisotopic (exact) mass is 283 g/mol. The number of carboxylic acid groups (broad SMARTS) is 1. The molecule has 0 bridgehead atoms. The van der Waals surface area contributed by atoms with E-state index in [1.54, 1.807) is 0 Å². The van der Waals surface area contributed by atoms with Gasteiger partial charge in [0.2, 0.25) is 0 Å². The molecule has 112 valence electrons. The third-order valence-corrected chi connectivity index (χ3v) is 2.75. The molecule has 2 N–H and O–H groups in total. The molecule has 0 fully saturated rings. The van der Waals surface area contributed by atoms with Gasteiger partial charge in [-0.1, -0.05) is 19.1 Å². The number of carboxylic acids is 1. The highest BCUT2D eigenvalue weighted by Gasteiger charge is 2.20. The van der Waals surface area contributed by atoms with Gasteiger partial charge in [-0.15, -0.1) is 5.10 Å². The van der Waals surface area contributed by atoms with Gasteiger partial charge in [0.05, 0.1) is 6.20 Å². The number of hydrogen-bond acceptors (Lipinski definition) is 5. The van der Waals surface area contributed by atoms with Crippen molar-refractivity contribution in [1.82, 2.24) is 25.2 Å². The highest BCUT2D eigenvalue weighted by atomic mass is 16.4. The number of carbonyl (C=O) groups excluding carboxylic acids is 1. The van der Waals surface area contributed by atoms with Gasteiger partial charge in [-0.05, 0) is 20.0 Å². The topological polar surface area (TPSA) is 100 Å². The Labute approximate surface area is 117 Å². The van der Waals surface area contributed by atoms with E-state index >= 15 is 0 Å². The SMILES string of the molecule is CC(C)C(CN(C)C)NC(=O)c1cn(CC(=O)O)nn1. The first-order chi connectivity index (χ1) is 9.29. The van der Waals surface area contributed by atoms with Crippen LogP contribution in [0.4, 0.5) is 0 Å². The molecule has 1 heterocycles. The fraction of sp³-hybridized carbons (Fsp3) is 0.667. The third kappa shape index (κ3) is 4.96. The fourth-order valence-electron chi connectivity index (χ4n) is 1.68. The highest BCUT2D eigenvalue weighted by molar-refractivity contribution is 5.92. The van der Waals surface area contributed by atoms with Crippen molar-refractivity contribution in [3.8, 4) is 0 Å². The molecule has 8 heteroatoms. The van der Waals surface area contributed by atoms with E-state index in [1.165, 1.54) is 6.20 Å². The Hall–Kier alpha value is -1.96. The summed E-state index contributed by atoms with van der Waals surface area (Å²) in [6.07, 6.45) is 1.33. The molecule has 8 nitrogen and oxygen atoms in total. The van der Waals surface area contributed by atoms with Gasteiger partial charge in [-0.2, -0.15) is 0 Å². The summed E-state index contributed by atoms with van der Waals surface area (Å²) in [5.74, 6) is -1.10. The molecule has 1 amide bonds. The predicted octanol–water partition coefficient (Wildman–Crippen LogP) is -0.321. The summed E-state index contributed by atoms with van der Waals surface area (Å²) in [7, 11) is 3.87. The summed E-state index contributed by atoms with van der Waals surface area (Å²) in [4.78, 5) is 24.6. The van der Waals surface area contributed by atoms with Gasteiger partial charge in [-0.25, -0.2) is 4.68 Å². The van der Waals surface area contributed by atoms with E-state index in [-0.39, 0.29) is 30.1 Å². The summed E-state index contributed by atoms with van der Waals surface area (Å²) < 4.78 is 1.12. The van der Waals surface area contributed by atoms with Crippen LogP contribution in [0, 0.1) is 5.92 Å². The molecule has 0 spiro atoms. The highest BCUT2D eigenvalue weighted by Crippen LogP contribution is 2.04. The zero-order chi connectivity index (χ0) is 15.3. The van der Waals surface area contributed by atoms with Crippen LogP contribution < -0.4 is 5.32 Å². The Bertz CT molecular complexity index is 469. The molecule has 0 saturated carbocycles. The van der Waals surface area contributed by atoms with Crippen LogP contribution in [0.3, 0.4) is 0 Å². The van der Waals surface area contributed by atoms with E-state index in [2.05, 4.69) is 15.6 Å². The normalized spacial score (nSPS) is 12.7. The molecular weight excluding hydrogens is 262 g/mol. The Kier molecular flexibility index (Phi) is 5.63. The average Bonchev–Trinajstić information content (AvgIpc) is 2.74. The van der Waals surface area contributed by atoms with Gasteiger partial charge < -0.3 is 15.3 Å². The van der Waals surface area contributed by atoms with Crippen LogP contribution in [0.5, 0.6) is 0 Å². The lowest BCUT2D eigenvalue weighted by atomic mass is 10.0. The van der Waals surface area contributed by atoms with Gasteiger partial charge >= 0.3 is 5.97 Å². The van der Waals surface area contributed by atoms with E-state index in [9.17, 15) is 9.59 Å². The Morgan fingerprint density at radius 2 is 2.10 bits per heavy atom. The van der Waals surface area contributed by atoms with Crippen molar-refractivity contribution in [2.24, 2.45) is 5.92 Å². The minimum absolute atomic E-state index is 0.0119. The van der Waals surface area contributed by atoms with Crippen LogP contribution in [-0.2, 0) is 11.3 Å². The first-order valence-corrected chi connectivity index (χ1v) is 6.37. The molecule has 0 aromatic carbocycles. The second kappa shape index (κ2) is 6.99. The number of hydrogen-bond donors (Lipinski definition) is 2. The second-order valence-corrected chi connectivity index (χ2v) is 5.28. The number of amides is 1. The van der Waals surface area contributed by atoms with Crippen molar-refractivity contribution in [3.05, 3.63) is 11.9 Å². The van der Waals surface area contributed by atoms with Gasteiger partial charge in [0.25, 0.3) is 5.91 Å². The van der Waals surface area contributed by atoms with Crippen molar-refractivity contribution >= 4 is 11.9 Å².